The normalized spacial score (nSPS) is 32.1. The van der Waals surface area contributed by atoms with Gasteiger partial charge in [0.25, 0.3) is 0 Å². The van der Waals surface area contributed by atoms with Gasteiger partial charge in [0.05, 0.1) is 5.54 Å². The third kappa shape index (κ3) is 3.21. The van der Waals surface area contributed by atoms with E-state index in [-0.39, 0.29) is 17.4 Å². The fourth-order valence-corrected chi connectivity index (χ4v) is 2.26. The molecule has 0 aromatic rings. The first-order valence-corrected chi connectivity index (χ1v) is 6.55. The zero-order chi connectivity index (χ0) is 12.2. The summed E-state index contributed by atoms with van der Waals surface area (Å²) < 4.78 is 0. The molecule has 0 aliphatic heterocycles. The van der Waals surface area contributed by atoms with Gasteiger partial charge < -0.3 is 11.1 Å². The Bertz CT molecular complexity index is 232. The van der Waals surface area contributed by atoms with Crippen LogP contribution in [0.25, 0.3) is 0 Å². The number of rotatable bonds is 4. The lowest BCUT2D eigenvalue weighted by Crippen LogP contribution is -2.56. The summed E-state index contributed by atoms with van der Waals surface area (Å²) in [4.78, 5) is 11.9. The first kappa shape index (κ1) is 13.5. The second kappa shape index (κ2) is 5.67. The summed E-state index contributed by atoms with van der Waals surface area (Å²) in [5.41, 5.74) is 5.74. The second-order valence-electron chi connectivity index (χ2n) is 5.47. The number of hydrogen-bond donors (Lipinski definition) is 2. The summed E-state index contributed by atoms with van der Waals surface area (Å²) in [5, 5.41) is 3.19. The Kier molecular flexibility index (Phi) is 4.78. The molecule has 1 fully saturated rings. The van der Waals surface area contributed by atoms with Crippen LogP contribution in [0.3, 0.4) is 0 Å². The van der Waals surface area contributed by atoms with Gasteiger partial charge in [-0.05, 0) is 38.0 Å². The standard InChI is InChI=1S/C13H26N2O/c1-4-11(3)12(16)15-13(9-14)7-5-10(2)6-8-13/h10-11H,4-9,14H2,1-3H3,(H,15,16). The monoisotopic (exact) mass is 226 g/mol. The quantitative estimate of drug-likeness (QED) is 0.771. The Hall–Kier alpha value is -0.570. The molecule has 1 saturated carbocycles. The molecule has 3 N–H and O–H groups in total. The van der Waals surface area contributed by atoms with Crippen molar-refractivity contribution in [3.63, 3.8) is 0 Å². The van der Waals surface area contributed by atoms with Crippen molar-refractivity contribution in [3.05, 3.63) is 0 Å². The molecule has 1 unspecified atom stereocenters. The molecule has 1 amide bonds. The van der Waals surface area contributed by atoms with Crippen LogP contribution in [0.1, 0.15) is 52.9 Å². The lowest BCUT2D eigenvalue weighted by molar-refractivity contribution is -0.127. The molecule has 3 nitrogen and oxygen atoms in total. The topological polar surface area (TPSA) is 55.1 Å². The maximum Gasteiger partial charge on any atom is 0.223 e. The maximum absolute atomic E-state index is 11.9. The van der Waals surface area contributed by atoms with Crippen LogP contribution in [0.15, 0.2) is 0 Å². The minimum atomic E-state index is -0.118. The summed E-state index contributed by atoms with van der Waals surface area (Å²) in [6, 6.07) is 0. The highest BCUT2D eigenvalue weighted by Gasteiger charge is 2.34. The van der Waals surface area contributed by atoms with Gasteiger partial charge in [-0.2, -0.15) is 0 Å². The van der Waals surface area contributed by atoms with Crippen molar-refractivity contribution >= 4 is 5.91 Å². The first-order chi connectivity index (χ1) is 7.53. The molecule has 1 aliphatic carbocycles. The highest BCUT2D eigenvalue weighted by Crippen LogP contribution is 2.31. The van der Waals surface area contributed by atoms with E-state index >= 15 is 0 Å². The molecule has 0 saturated heterocycles. The van der Waals surface area contributed by atoms with E-state index in [1.54, 1.807) is 0 Å². The summed E-state index contributed by atoms with van der Waals surface area (Å²) >= 11 is 0. The van der Waals surface area contributed by atoms with E-state index in [1.807, 2.05) is 13.8 Å². The molecule has 0 aromatic heterocycles. The van der Waals surface area contributed by atoms with E-state index in [0.29, 0.717) is 6.54 Å². The van der Waals surface area contributed by atoms with Crippen molar-refractivity contribution in [3.8, 4) is 0 Å². The van der Waals surface area contributed by atoms with Gasteiger partial charge in [-0.3, -0.25) is 4.79 Å². The van der Waals surface area contributed by atoms with E-state index in [0.717, 1.165) is 25.2 Å². The zero-order valence-electron chi connectivity index (χ0n) is 10.9. The Labute approximate surface area is 99.2 Å². The Morgan fingerprint density at radius 2 is 2.06 bits per heavy atom. The highest BCUT2D eigenvalue weighted by molar-refractivity contribution is 5.79. The number of carbonyl (C=O) groups excluding carboxylic acids is 1. The SMILES string of the molecule is CCC(C)C(=O)NC1(CN)CCC(C)CC1. The number of hydrogen-bond acceptors (Lipinski definition) is 2. The predicted octanol–water partition coefficient (Wildman–Crippen LogP) is 2.06. The average molecular weight is 226 g/mol. The minimum Gasteiger partial charge on any atom is -0.349 e. The van der Waals surface area contributed by atoms with Crippen LogP contribution in [0.2, 0.25) is 0 Å². The van der Waals surface area contributed by atoms with Gasteiger partial charge in [0.15, 0.2) is 0 Å². The molecule has 16 heavy (non-hydrogen) atoms. The van der Waals surface area contributed by atoms with Gasteiger partial charge in [0.2, 0.25) is 5.91 Å². The van der Waals surface area contributed by atoms with E-state index in [4.69, 9.17) is 5.73 Å². The molecule has 0 bridgehead atoms. The molecule has 94 valence electrons. The summed E-state index contributed by atoms with van der Waals surface area (Å²) in [5.74, 6) is 1.05. The summed E-state index contributed by atoms with van der Waals surface area (Å²) in [6.45, 7) is 6.87. The van der Waals surface area contributed by atoms with Crippen LogP contribution in [0.5, 0.6) is 0 Å². The molecule has 1 aliphatic rings. The fourth-order valence-electron chi connectivity index (χ4n) is 2.26. The molecule has 0 heterocycles. The van der Waals surface area contributed by atoms with E-state index in [2.05, 4.69) is 12.2 Å². The van der Waals surface area contributed by atoms with Crippen LogP contribution < -0.4 is 11.1 Å². The van der Waals surface area contributed by atoms with Gasteiger partial charge >= 0.3 is 0 Å². The van der Waals surface area contributed by atoms with Gasteiger partial charge in [-0.1, -0.05) is 20.8 Å². The number of nitrogens with two attached hydrogens (primary N) is 1. The number of nitrogens with one attached hydrogen (secondary N) is 1. The lowest BCUT2D eigenvalue weighted by Gasteiger charge is -2.40. The number of amides is 1. The van der Waals surface area contributed by atoms with Crippen LogP contribution >= 0.6 is 0 Å². The van der Waals surface area contributed by atoms with Crippen LogP contribution in [-0.4, -0.2) is 18.0 Å². The van der Waals surface area contributed by atoms with Crippen molar-refractivity contribution < 1.29 is 4.79 Å². The molecular formula is C13H26N2O. The third-order valence-electron chi connectivity index (χ3n) is 4.07. The summed E-state index contributed by atoms with van der Waals surface area (Å²) in [6.07, 6.45) is 5.32. The first-order valence-electron chi connectivity index (χ1n) is 6.55. The highest BCUT2D eigenvalue weighted by atomic mass is 16.2. The largest absolute Gasteiger partial charge is 0.349 e. The minimum absolute atomic E-state index is 0.0998. The number of carbonyl (C=O) groups is 1. The van der Waals surface area contributed by atoms with Gasteiger partial charge in [0, 0.05) is 12.5 Å². The predicted molar refractivity (Wildman–Crippen MR) is 67.0 cm³/mol. The van der Waals surface area contributed by atoms with Gasteiger partial charge in [0.1, 0.15) is 0 Å². The van der Waals surface area contributed by atoms with Crippen molar-refractivity contribution in [1.29, 1.82) is 0 Å². The molecule has 0 radical (unpaired) electrons. The summed E-state index contributed by atoms with van der Waals surface area (Å²) in [7, 11) is 0. The van der Waals surface area contributed by atoms with Crippen LogP contribution in [0, 0.1) is 11.8 Å². The second-order valence-corrected chi connectivity index (χ2v) is 5.47. The van der Waals surface area contributed by atoms with Crippen molar-refractivity contribution in [2.24, 2.45) is 17.6 Å². The third-order valence-corrected chi connectivity index (χ3v) is 4.07. The Balaban J connectivity index is 2.57. The van der Waals surface area contributed by atoms with Gasteiger partial charge in [-0.25, -0.2) is 0 Å². The molecular weight excluding hydrogens is 200 g/mol. The van der Waals surface area contributed by atoms with Crippen molar-refractivity contribution in [2.75, 3.05) is 6.54 Å². The van der Waals surface area contributed by atoms with Crippen molar-refractivity contribution in [1.82, 2.24) is 5.32 Å². The van der Waals surface area contributed by atoms with Crippen molar-refractivity contribution in [2.45, 2.75) is 58.4 Å². The molecule has 1 rings (SSSR count). The van der Waals surface area contributed by atoms with E-state index < -0.39 is 0 Å². The smallest absolute Gasteiger partial charge is 0.223 e. The fraction of sp³-hybridized carbons (Fsp3) is 0.923. The van der Waals surface area contributed by atoms with E-state index in [1.165, 1.54) is 12.8 Å². The molecule has 1 atom stereocenters. The molecule has 0 aromatic carbocycles. The zero-order valence-corrected chi connectivity index (χ0v) is 10.9. The molecule has 3 heteroatoms. The average Bonchev–Trinajstić information content (AvgIpc) is 2.31. The lowest BCUT2D eigenvalue weighted by atomic mass is 9.77. The Morgan fingerprint density at radius 1 is 1.50 bits per heavy atom. The van der Waals surface area contributed by atoms with Crippen LogP contribution in [-0.2, 0) is 4.79 Å². The van der Waals surface area contributed by atoms with Gasteiger partial charge in [-0.15, -0.1) is 0 Å². The maximum atomic E-state index is 11.9. The van der Waals surface area contributed by atoms with E-state index in [9.17, 15) is 4.79 Å². The Morgan fingerprint density at radius 3 is 2.50 bits per heavy atom. The van der Waals surface area contributed by atoms with Crippen LogP contribution in [0.4, 0.5) is 0 Å². The molecule has 0 spiro atoms.